The van der Waals surface area contributed by atoms with Crippen molar-refractivity contribution in [3.05, 3.63) is 35.4 Å². The Labute approximate surface area is 111 Å². The molecule has 0 spiro atoms. The van der Waals surface area contributed by atoms with Gasteiger partial charge >= 0.3 is 0 Å². The number of aryl methyl sites for hydroxylation is 1. The summed E-state index contributed by atoms with van der Waals surface area (Å²) in [4.78, 5) is 14.7. The van der Waals surface area contributed by atoms with Gasteiger partial charge in [-0.1, -0.05) is 38.1 Å². The monoisotopic (exact) mass is 247 g/mol. The van der Waals surface area contributed by atoms with Crippen LogP contribution in [0.3, 0.4) is 0 Å². The van der Waals surface area contributed by atoms with Crippen molar-refractivity contribution in [1.82, 2.24) is 4.90 Å². The van der Waals surface area contributed by atoms with Crippen LogP contribution in [0.25, 0.3) is 0 Å². The number of carbonyl (C=O) groups is 1. The summed E-state index contributed by atoms with van der Waals surface area (Å²) in [6.45, 7) is 10.3. The molecule has 0 aromatic heterocycles. The molecule has 100 valence electrons. The fraction of sp³-hybridized carbons (Fsp3) is 0.562. The van der Waals surface area contributed by atoms with Gasteiger partial charge in [0.1, 0.15) is 0 Å². The highest BCUT2D eigenvalue weighted by Gasteiger charge is 2.29. The van der Waals surface area contributed by atoms with E-state index in [1.807, 2.05) is 33.0 Å². The van der Waals surface area contributed by atoms with Crippen molar-refractivity contribution in [1.29, 1.82) is 0 Å². The summed E-state index contributed by atoms with van der Waals surface area (Å²) in [5.41, 5.74) is 2.32. The zero-order chi connectivity index (χ0) is 13.9. The number of ketones is 1. The van der Waals surface area contributed by atoms with Crippen LogP contribution in [0.4, 0.5) is 0 Å². The summed E-state index contributed by atoms with van der Waals surface area (Å²) >= 11 is 0. The zero-order valence-corrected chi connectivity index (χ0v) is 12.4. The van der Waals surface area contributed by atoms with E-state index >= 15 is 0 Å². The Balaban J connectivity index is 3.21. The maximum absolute atomic E-state index is 12.5. The van der Waals surface area contributed by atoms with E-state index < -0.39 is 0 Å². The first kappa shape index (κ1) is 14.9. The van der Waals surface area contributed by atoms with Gasteiger partial charge in [0.25, 0.3) is 0 Å². The average Bonchev–Trinajstić information content (AvgIpc) is 2.31. The Kier molecular flexibility index (Phi) is 5.09. The fourth-order valence-corrected chi connectivity index (χ4v) is 2.08. The predicted octanol–water partition coefficient (Wildman–Crippen LogP) is 3.60. The molecule has 0 saturated carbocycles. The fourth-order valence-electron chi connectivity index (χ4n) is 2.08. The third-order valence-corrected chi connectivity index (χ3v) is 3.54. The molecule has 0 saturated heterocycles. The summed E-state index contributed by atoms with van der Waals surface area (Å²) in [7, 11) is 2.03. The SMILES string of the molecule is Cc1ccccc1C(C(=O)C(C)C)N(C)C(C)C. The summed E-state index contributed by atoms with van der Waals surface area (Å²) in [6.07, 6.45) is 0. The summed E-state index contributed by atoms with van der Waals surface area (Å²) in [6, 6.07) is 8.38. The van der Waals surface area contributed by atoms with Crippen LogP contribution in [0.2, 0.25) is 0 Å². The van der Waals surface area contributed by atoms with E-state index in [0.717, 1.165) is 5.56 Å². The molecule has 0 aliphatic rings. The van der Waals surface area contributed by atoms with Gasteiger partial charge < -0.3 is 0 Å². The molecule has 0 N–H and O–H groups in total. The van der Waals surface area contributed by atoms with Crippen LogP contribution in [0, 0.1) is 12.8 Å². The molecule has 0 fully saturated rings. The Morgan fingerprint density at radius 1 is 1.11 bits per heavy atom. The molecule has 1 aromatic rings. The Bertz CT molecular complexity index is 409. The number of carbonyl (C=O) groups excluding carboxylic acids is 1. The lowest BCUT2D eigenvalue weighted by Gasteiger charge is -2.32. The van der Waals surface area contributed by atoms with Crippen LogP contribution >= 0.6 is 0 Å². The highest BCUT2D eigenvalue weighted by molar-refractivity contribution is 5.87. The number of likely N-dealkylation sites (N-methyl/N-ethyl adjacent to an activating group) is 1. The molecule has 0 amide bonds. The first-order chi connectivity index (χ1) is 8.36. The lowest BCUT2D eigenvalue weighted by atomic mass is 9.91. The zero-order valence-electron chi connectivity index (χ0n) is 12.4. The highest BCUT2D eigenvalue weighted by atomic mass is 16.1. The smallest absolute Gasteiger partial charge is 0.157 e. The Hall–Kier alpha value is -1.15. The van der Waals surface area contributed by atoms with Crippen LogP contribution < -0.4 is 0 Å². The molecule has 1 atom stereocenters. The van der Waals surface area contributed by atoms with E-state index in [4.69, 9.17) is 0 Å². The van der Waals surface area contributed by atoms with Gasteiger partial charge in [-0.2, -0.15) is 0 Å². The van der Waals surface area contributed by atoms with E-state index in [1.54, 1.807) is 0 Å². The van der Waals surface area contributed by atoms with Crippen LogP contribution in [-0.4, -0.2) is 23.8 Å². The minimum absolute atomic E-state index is 0.0517. The molecule has 2 nitrogen and oxygen atoms in total. The van der Waals surface area contributed by atoms with Gasteiger partial charge in [-0.05, 0) is 38.9 Å². The largest absolute Gasteiger partial charge is 0.297 e. The summed E-state index contributed by atoms with van der Waals surface area (Å²) in [5, 5.41) is 0. The minimum Gasteiger partial charge on any atom is -0.297 e. The standard InChI is InChI=1S/C16H25NO/c1-11(2)16(18)15(17(6)12(3)4)14-10-8-7-9-13(14)5/h7-12,15H,1-6H3. The van der Waals surface area contributed by atoms with Gasteiger partial charge in [0.2, 0.25) is 0 Å². The van der Waals surface area contributed by atoms with Crippen molar-refractivity contribution in [2.45, 2.75) is 46.7 Å². The van der Waals surface area contributed by atoms with Crippen molar-refractivity contribution in [3.8, 4) is 0 Å². The summed E-state index contributed by atoms with van der Waals surface area (Å²) in [5.74, 6) is 0.344. The maximum Gasteiger partial charge on any atom is 0.157 e. The lowest BCUT2D eigenvalue weighted by Crippen LogP contribution is -2.38. The second-order valence-electron chi connectivity index (χ2n) is 5.58. The Morgan fingerprint density at radius 3 is 2.11 bits per heavy atom. The molecule has 18 heavy (non-hydrogen) atoms. The number of benzene rings is 1. The number of nitrogens with zero attached hydrogens (tertiary/aromatic N) is 1. The summed E-state index contributed by atoms with van der Waals surface area (Å²) < 4.78 is 0. The van der Waals surface area contributed by atoms with E-state index in [2.05, 4.69) is 37.8 Å². The molecule has 1 aromatic carbocycles. The minimum atomic E-state index is -0.133. The molecule has 0 aliphatic carbocycles. The molecular weight excluding hydrogens is 222 g/mol. The average molecular weight is 247 g/mol. The lowest BCUT2D eigenvalue weighted by molar-refractivity contribution is -0.127. The third-order valence-electron chi connectivity index (χ3n) is 3.54. The maximum atomic E-state index is 12.5. The van der Waals surface area contributed by atoms with Crippen LogP contribution in [-0.2, 0) is 4.79 Å². The van der Waals surface area contributed by atoms with Crippen molar-refractivity contribution in [2.75, 3.05) is 7.05 Å². The first-order valence-corrected chi connectivity index (χ1v) is 6.67. The molecule has 1 rings (SSSR count). The quantitative estimate of drug-likeness (QED) is 0.792. The van der Waals surface area contributed by atoms with Crippen LogP contribution in [0.1, 0.15) is 44.9 Å². The number of hydrogen-bond acceptors (Lipinski definition) is 2. The van der Waals surface area contributed by atoms with Crippen molar-refractivity contribution < 1.29 is 4.79 Å². The number of Topliss-reactive ketones (excluding diaryl/α,β-unsaturated/α-hetero) is 1. The molecular formula is C16H25NO. The number of hydrogen-bond donors (Lipinski definition) is 0. The predicted molar refractivity (Wildman–Crippen MR) is 76.7 cm³/mol. The van der Waals surface area contributed by atoms with Crippen molar-refractivity contribution in [2.24, 2.45) is 5.92 Å². The van der Waals surface area contributed by atoms with E-state index in [-0.39, 0.29) is 12.0 Å². The van der Waals surface area contributed by atoms with Gasteiger partial charge in [-0.3, -0.25) is 9.69 Å². The van der Waals surface area contributed by atoms with Gasteiger partial charge in [0, 0.05) is 12.0 Å². The molecule has 2 heteroatoms. The van der Waals surface area contributed by atoms with Gasteiger partial charge in [-0.15, -0.1) is 0 Å². The molecule has 1 unspecified atom stereocenters. The van der Waals surface area contributed by atoms with Crippen molar-refractivity contribution in [3.63, 3.8) is 0 Å². The Morgan fingerprint density at radius 2 is 1.67 bits per heavy atom. The molecule has 0 radical (unpaired) electrons. The molecule has 0 aliphatic heterocycles. The second kappa shape index (κ2) is 6.14. The van der Waals surface area contributed by atoms with Gasteiger partial charge in [0.05, 0.1) is 6.04 Å². The van der Waals surface area contributed by atoms with E-state index in [9.17, 15) is 4.79 Å². The van der Waals surface area contributed by atoms with Crippen molar-refractivity contribution >= 4 is 5.78 Å². The van der Waals surface area contributed by atoms with E-state index in [1.165, 1.54) is 5.56 Å². The molecule has 0 heterocycles. The highest BCUT2D eigenvalue weighted by Crippen LogP contribution is 2.27. The van der Waals surface area contributed by atoms with Crippen LogP contribution in [0.5, 0.6) is 0 Å². The molecule has 0 bridgehead atoms. The topological polar surface area (TPSA) is 20.3 Å². The van der Waals surface area contributed by atoms with Gasteiger partial charge in [-0.25, -0.2) is 0 Å². The van der Waals surface area contributed by atoms with E-state index in [0.29, 0.717) is 11.8 Å². The first-order valence-electron chi connectivity index (χ1n) is 6.67. The van der Waals surface area contributed by atoms with Gasteiger partial charge in [0.15, 0.2) is 5.78 Å². The normalized spacial score (nSPS) is 13.4. The second-order valence-corrected chi connectivity index (χ2v) is 5.58. The van der Waals surface area contributed by atoms with Crippen LogP contribution in [0.15, 0.2) is 24.3 Å². The number of rotatable bonds is 5. The third kappa shape index (κ3) is 3.20.